The molecule has 170 valence electrons. The molecule has 0 radical (unpaired) electrons. The third kappa shape index (κ3) is 3.70. The predicted molar refractivity (Wildman–Crippen MR) is 130 cm³/mol. The maximum atomic E-state index is 13.6. The fourth-order valence-electron chi connectivity index (χ4n) is 4.01. The molecule has 0 bridgehead atoms. The number of hydrogen-bond donors (Lipinski definition) is 2. The van der Waals surface area contributed by atoms with Crippen LogP contribution in [0.5, 0.6) is 5.75 Å². The largest absolute Gasteiger partial charge is 0.508 e. The molecule has 0 spiro atoms. The van der Waals surface area contributed by atoms with Crippen molar-refractivity contribution in [2.45, 2.75) is 6.04 Å². The number of carbonyl (C=O) groups is 2. The summed E-state index contributed by atoms with van der Waals surface area (Å²) in [5.41, 5.74) is 0.920. The Bertz CT molecular complexity index is 1520. The van der Waals surface area contributed by atoms with Gasteiger partial charge >= 0.3 is 0 Å². The molecule has 1 aromatic heterocycles. The van der Waals surface area contributed by atoms with Crippen LogP contribution >= 0.6 is 34.8 Å². The second-order valence-corrected chi connectivity index (χ2v) is 8.91. The summed E-state index contributed by atoms with van der Waals surface area (Å²) in [6.45, 7) is 0. The summed E-state index contributed by atoms with van der Waals surface area (Å²) < 4.78 is 5.69. The van der Waals surface area contributed by atoms with Crippen molar-refractivity contribution in [1.82, 2.24) is 0 Å². The number of fused-ring (bicyclic) bond motifs is 1. The van der Waals surface area contributed by atoms with Crippen LogP contribution in [0.15, 0.2) is 82.5 Å². The number of halogens is 3. The van der Waals surface area contributed by atoms with E-state index in [4.69, 9.17) is 39.2 Å². The molecule has 9 heteroatoms. The first-order valence-corrected chi connectivity index (χ1v) is 11.1. The number of aromatic hydroxyl groups is 1. The average Bonchev–Trinajstić information content (AvgIpc) is 3.34. The highest BCUT2D eigenvalue weighted by Gasteiger charge is 2.45. The Morgan fingerprint density at radius 3 is 2.44 bits per heavy atom. The van der Waals surface area contributed by atoms with Gasteiger partial charge in [-0.1, -0.05) is 46.9 Å². The van der Waals surface area contributed by atoms with Gasteiger partial charge in [0.2, 0.25) is 5.78 Å². The van der Waals surface area contributed by atoms with Gasteiger partial charge < -0.3 is 14.6 Å². The summed E-state index contributed by atoms with van der Waals surface area (Å²) in [4.78, 5) is 28.0. The second-order valence-electron chi connectivity index (χ2n) is 7.66. The first-order valence-electron chi connectivity index (χ1n) is 9.99. The number of rotatable bonds is 4. The van der Waals surface area contributed by atoms with Gasteiger partial charge in [-0.15, -0.1) is 0 Å². The molecule has 0 saturated carbocycles. The molecule has 1 atom stereocenters. The van der Waals surface area contributed by atoms with Gasteiger partial charge in [0.25, 0.3) is 5.91 Å². The third-order valence-corrected chi connectivity index (χ3v) is 6.50. The van der Waals surface area contributed by atoms with Gasteiger partial charge in [0.05, 0.1) is 21.7 Å². The lowest BCUT2D eigenvalue weighted by atomic mass is 9.94. The smallest absolute Gasteiger partial charge is 0.294 e. The van der Waals surface area contributed by atoms with Gasteiger partial charge in [-0.05, 0) is 60.2 Å². The van der Waals surface area contributed by atoms with Crippen LogP contribution in [-0.2, 0) is 4.79 Å². The van der Waals surface area contributed by atoms with Crippen LogP contribution in [-0.4, -0.2) is 21.9 Å². The summed E-state index contributed by atoms with van der Waals surface area (Å²) in [5.74, 6) is -2.38. The predicted octanol–water partition coefficient (Wildman–Crippen LogP) is 6.88. The maximum absolute atomic E-state index is 13.6. The number of carbonyl (C=O) groups excluding carboxylic acids is 2. The number of aliphatic hydroxyl groups excluding tert-OH is 1. The molecule has 2 N–H and O–H groups in total. The molecular formula is C25H14Cl3NO5. The summed E-state index contributed by atoms with van der Waals surface area (Å²) in [5, 5.41) is 22.4. The highest BCUT2D eigenvalue weighted by atomic mass is 35.5. The Morgan fingerprint density at radius 1 is 0.912 bits per heavy atom. The lowest BCUT2D eigenvalue weighted by molar-refractivity contribution is -0.117. The number of furan rings is 1. The number of hydrogen-bond acceptors (Lipinski definition) is 5. The van der Waals surface area contributed by atoms with Crippen LogP contribution in [0.4, 0.5) is 5.69 Å². The van der Waals surface area contributed by atoms with Crippen LogP contribution in [0.1, 0.15) is 22.2 Å². The number of phenolic OH excluding ortho intramolecular Hbond substituents is 1. The van der Waals surface area contributed by atoms with Gasteiger partial charge in [-0.25, -0.2) is 0 Å². The van der Waals surface area contributed by atoms with E-state index in [1.165, 1.54) is 35.2 Å². The van der Waals surface area contributed by atoms with Crippen LogP contribution in [0.2, 0.25) is 15.1 Å². The van der Waals surface area contributed by atoms with Crippen molar-refractivity contribution in [3.63, 3.8) is 0 Å². The first kappa shape index (κ1) is 22.3. The SMILES string of the molecule is O=C(C1=C(O)C(=O)N(c2ccc(Cl)c(Cl)c2)C1c1cccc(O)c1)c1cc2cc(Cl)ccc2o1. The first-order chi connectivity index (χ1) is 16.2. The lowest BCUT2D eigenvalue weighted by Gasteiger charge is -2.27. The summed E-state index contributed by atoms with van der Waals surface area (Å²) in [6, 6.07) is 15.9. The number of benzene rings is 3. The number of anilines is 1. The minimum Gasteiger partial charge on any atom is -0.508 e. The second kappa shape index (κ2) is 8.40. The zero-order chi connectivity index (χ0) is 24.1. The highest BCUT2D eigenvalue weighted by Crippen LogP contribution is 2.44. The Hall–Kier alpha value is -3.45. The monoisotopic (exact) mass is 513 g/mol. The van der Waals surface area contributed by atoms with Crippen molar-refractivity contribution in [1.29, 1.82) is 0 Å². The Morgan fingerprint density at radius 2 is 1.71 bits per heavy atom. The van der Waals surface area contributed by atoms with E-state index >= 15 is 0 Å². The molecule has 2 heterocycles. The zero-order valence-corrected chi connectivity index (χ0v) is 19.4. The minimum absolute atomic E-state index is 0.0735. The van der Waals surface area contributed by atoms with Crippen LogP contribution in [0.25, 0.3) is 11.0 Å². The van der Waals surface area contributed by atoms with E-state index < -0.39 is 23.5 Å². The van der Waals surface area contributed by atoms with Crippen LogP contribution in [0.3, 0.4) is 0 Å². The third-order valence-electron chi connectivity index (χ3n) is 5.52. The number of nitrogens with zero attached hydrogens (tertiary/aromatic N) is 1. The van der Waals surface area contributed by atoms with Crippen molar-refractivity contribution >= 4 is 63.1 Å². The topological polar surface area (TPSA) is 91.0 Å². The van der Waals surface area contributed by atoms with Gasteiger partial charge in [0.1, 0.15) is 11.3 Å². The number of amides is 1. The molecule has 1 amide bonds. The van der Waals surface area contributed by atoms with E-state index in [-0.39, 0.29) is 27.1 Å². The summed E-state index contributed by atoms with van der Waals surface area (Å²) >= 11 is 18.2. The van der Waals surface area contributed by atoms with Gasteiger partial charge in [-0.2, -0.15) is 0 Å². The molecule has 0 fully saturated rings. The number of phenols is 1. The fraction of sp³-hybridized carbons (Fsp3) is 0.0400. The molecular weight excluding hydrogens is 501 g/mol. The van der Waals surface area contributed by atoms with E-state index in [0.717, 1.165) is 0 Å². The lowest BCUT2D eigenvalue weighted by Crippen LogP contribution is -2.31. The molecule has 5 rings (SSSR count). The van der Waals surface area contributed by atoms with Crippen molar-refractivity contribution in [2.24, 2.45) is 0 Å². The average molecular weight is 515 g/mol. The quantitative estimate of drug-likeness (QED) is 0.290. The Labute approximate surface area is 208 Å². The summed E-state index contributed by atoms with van der Waals surface area (Å²) in [7, 11) is 0. The molecule has 4 aromatic rings. The zero-order valence-electron chi connectivity index (χ0n) is 17.1. The van der Waals surface area contributed by atoms with E-state index in [1.54, 1.807) is 36.4 Å². The molecule has 0 saturated heterocycles. The number of ketones is 1. The van der Waals surface area contributed by atoms with Gasteiger partial charge in [0, 0.05) is 16.1 Å². The molecule has 1 aliphatic heterocycles. The molecule has 34 heavy (non-hydrogen) atoms. The van der Waals surface area contributed by atoms with Gasteiger partial charge in [0.15, 0.2) is 11.5 Å². The van der Waals surface area contributed by atoms with E-state index in [9.17, 15) is 19.8 Å². The highest BCUT2D eigenvalue weighted by molar-refractivity contribution is 6.42. The normalized spacial score (nSPS) is 16.0. The molecule has 1 unspecified atom stereocenters. The molecule has 0 aliphatic carbocycles. The molecule has 3 aromatic carbocycles. The van der Waals surface area contributed by atoms with E-state index in [2.05, 4.69) is 0 Å². The Balaban J connectivity index is 1.67. The van der Waals surface area contributed by atoms with Gasteiger partial charge in [-0.3, -0.25) is 14.5 Å². The minimum atomic E-state index is -1.07. The van der Waals surface area contributed by atoms with Crippen molar-refractivity contribution < 1.29 is 24.2 Å². The fourth-order valence-corrected chi connectivity index (χ4v) is 4.48. The number of aliphatic hydroxyl groups is 1. The standard InChI is InChI=1S/C25H14Cl3NO5/c26-14-4-7-19-13(8-14)10-20(34-19)23(31)21-22(12-2-1-3-16(30)9-12)29(25(33)24(21)32)15-5-6-17(27)18(28)11-15/h1-11,22,30,32H. The molecule has 6 nitrogen and oxygen atoms in total. The van der Waals surface area contributed by atoms with E-state index in [0.29, 0.717) is 27.2 Å². The Kier molecular flexibility index (Phi) is 5.52. The van der Waals surface area contributed by atoms with Crippen molar-refractivity contribution in [3.05, 3.63) is 104 Å². The van der Waals surface area contributed by atoms with Crippen LogP contribution in [0, 0.1) is 0 Å². The summed E-state index contributed by atoms with van der Waals surface area (Å²) in [6.07, 6.45) is 0. The number of Topliss-reactive ketones (excluding diaryl/α,β-unsaturated/α-hetero) is 1. The molecule has 1 aliphatic rings. The van der Waals surface area contributed by atoms with Crippen molar-refractivity contribution in [2.75, 3.05) is 4.90 Å². The van der Waals surface area contributed by atoms with E-state index in [1.807, 2.05) is 0 Å². The van der Waals surface area contributed by atoms with Crippen LogP contribution < -0.4 is 4.90 Å². The van der Waals surface area contributed by atoms with Crippen molar-refractivity contribution in [3.8, 4) is 5.75 Å². The maximum Gasteiger partial charge on any atom is 0.294 e.